The Morgan fingerprint density at radius 2 is 0.568 bits per heavy atom. The van der Waals surface area contributed by atoms with Gasteiger partial charge in [-0.3, -0.25) is 57.7 Å². The van der Waals surface area contributed by atoms with Crippen molar-refractivity contribution in [3.8, 4) is 5.75 Å². The van der Waals surface area contributed by atoms with Gasteiger partial charge in [-0.1, -0.05) is 177 Å². The largest absolute Gasteiger partial charge is 0.524 e. The topological polar surface area (TPSA) is 424 Å². The predicted octanol–water partition coefficient (Wildman–Crippen LogP) is 18.0. The van der Waals surface area contributed by atoms with E-state index in [0.717, 1.165) is 155 Å². The van der Waals surface area contributed by atoms with Gasteiger partial charge < -0.3 is 73.5 Å². The van der Waals surface area contributed by atoms with Crippen LogP contribution in [0.15, 0.2) is 197 Å². The summed E-state index contributed by atoms with van der Waals surface area (Å²) in [6.07, 6.45) is 40.0. The average molecular weight is 2070 g/mol. The number of anilines is 1. The summed E-state index contributed by atoms with van der Waals surface area (Å²) >= 11 is 5.76. The van der Waals surface area contributed by atoms with E-state index >= 15 is 0 Å². The minimum atomic E-state index is -4.52. The van der Waals surface area contributed by atoms with Crippen LogP contribution in [-0.4, -0.2) is 213 Å². The van der Waals surface area contributed by atoms with Crippen molar-refractivity contribution in [2.24, 2.45) is 0 Å². The zero-order valence-corrected chi connectivity index (χ0v) is 95.5. The monoisotopic (exact) mass is 2070 g/mol. The summed E-state index contributed by atoms with van der Waals surface area (Å²) in [5, 5.41) is 48.9. The van der Waals surface area contributed by atoms with Crippen molar-refractivity contribution in [3.05, 3.63) is 236 Å². The molecule has 0 aliphatic heterocycles. The van der Waals surface area contributed by atoms with Crippen molar-refractivity contribution in [2.75, 3.05) is 76.2 Å². The maximum atomic E-state index is 11.8. The number of ketones is 10. The van der Waals surface area contributed by atoms with Crippen LogP contribution < -0.4 is 68.9 Å². The molecule has 146 heavy (non-hydrogen) atoms. The quantitative estimate of drug-likeness (QED) is 0.00565. The smallest absolute Gasteiger partial charge is 0.423 e. The SMILES string of the molecule is C=CCCCC(CCCC=C)(NC)C(C)=O.C=CCCCCCC[C@@](C)(NC)C(C)=O.C=CCCCCCC[C@](C)(NC)C(C)=O.C=CCCC[C@@](C)(NC)C(C)=O.C=CCCC[C@](C)(NC)C(C)=O.CN[C@@H](Cc1ccc(B(O)O)cc1)C(C)=O.CN[C@@H](Cc1ccc(C)cc1)C(C)=O.CN[C@@H](Cc1ccc(Cl)cc1)C(C)=O.CN[C@@H](Cc1ccc(N)cc1)C(C)=O.CN[C@@H](Cc1ccc(OP(=O)(O)O)cc1)C(C)=O. The molecule has 30 heteroatoms. The molecule has 5 rings (SSSR count). The van der Waals surface area contributed by atoms with Crippen LogP contribution in [0.5, 0.6) is 5.75 Å². The Balaban J connectivity index is -0.000000505. The van der Waals surface area contributed by atoms with Crippen LogP contribution in [0, 0.1) is 6.92 Å². The molecule has 0 saturated heterocycles. The van der Waals surface area contributed by atoms with Gasteiger partial charge in [0.15, 0.2) is 0 Å². The Morgan fingerprint density at radius 1 is 0.342 bits per heavy atom. The number of Topliss-reactive ketones (excluding diaryl/α,β-unsaturated/α-hetero) is 10. The van der Waals surface area contributed by atoms with E-state index in [4.69, 9.17) is 37.2 Å². The van der Waals surface area contributed by atoms with Crippen molar-refractivity contribution in [1.82, 2.24) is 53.2 Å². The molecule has 0 saturated carbocycles. The zero-order chi connectivity index (χ0) is 113. The van der Waals surface area contributed by atoms with E-state index < -0.39 is 14.9 Å². The van der Waals surface area contributed by atoms with Crippen LogP contribution in [0.2, 0.25) is 5.02 Å². The van der Waals surface area contributed by atoms with Crippen molar-refractivity contribution < 1.29 is 76.9 Å². The molecule has 16 N–H and O–H groups in total. The van der Waals surface area contributed by atoms with Crippen LogP contribution in [-0.2, 0) is 84.6 Å². The minimum Gasteiger partial charge on any atom is -0.423 e. The Hall–Kier alpha value is -9.14. The van der Waals surface area contributed by atoms with Crippen LogP contribution >= 0.6 is 19.4 Å². The first-order chi connectivity index (χ1) is 68.6. The highest BCUT2D eigenvalue weighted by atomic mass is 35.5. The van der Waals surface area contributed by atoms with Crippen LogP contribution in [0.3, 0.4) is 0 Å². The molecule has 0 fully saturated rings. The van der Waals surface area contributed by atoms with Crippen LogP contribution in [0.1, 0.15) is 284 Å². The van der Waals surface area contributed by atoms with E-state index in [9.17, 15) is 52.5 Å². The molecule has 5 aromatic carbocycles. The molecule has 0 unspecified atom stereocenters. The molecule has 0 heterocycles. The third-order valence-corrected chi connectivity index (χ3v) is 26.9. The first-order valence-corrected chi connectivity index (χ1v) is 53.0. The maximum Gasteiger partial charge on any atom is 0.524 e. The van der Waals surface area contributed by atoms with Gasteiger partial charge in [0, 0.05) is 10.7 Å². The van der Waals surface area contributed by atoms with Crippen LogP contribution in [0.25, 0.3) is 0 Å². The van der Waals surface area contributed by atoms with Gasteiger partial charge in [-0.05, 0) is 392 Å². The predicted molar refractivity (Wildman–Crippen MR) is 612 cm³/mol. The van der Waals surface area contributed by atoms with Gasteiger partial charge in [-0.2, -0.15) is 0 Å². The number of carbonyl (C=O) groups is 10. The number of hydrogen-bond acceptors (Lipinski definition) is 25. The highest BCUT2D eigenvalue weighted by molar-refractivity contribution is 7.46. The van der Waals surface area contributed by atoms with E-state index in [2.05, 4.69) is 128 Å². The highest BCUT2D eigenvalue weighted by Crippen LogP contribution is 2.37. The minimum absolute atomic E-state index is 0.0352. The number of halogens is 1. The maximum absolute atomic E-state index is 11.8. The Kier molecular flexibility index (Phi) is 84.2. The lowest BCUT2D eigenvalue weighted by Crippen LogP contribution is -2.49. The summed E-state index contributed by atoms with van der Waals surface area (Å²) in [6.45, 7) is 48.1. The van der Waals surface area contributed by atoms with Gasteiger partial charge in [0.05, 0.1) is 57.9 Å². The van der Waals surface area contributed by atoms with Gasteiger partial charge in [0.2, 0.25) is 0 Å². The summed E-state index contributed by atoms with van der Waals surface area (Å²) in [7, 11) is 12.2. The standard InChI is InChI=1S/C14H25NO.2C13H25NO.C12H17NO.C11H16BNO3.C11H14ClNO.C11H16N2O.C11H16NO5P.2C10H19NO/c1-5-7-9-11-14(15-4,13(3)16)12-10-8-6-2;2*1-5-6-7-8-9-10-11-13(3,14-4)12(2)15;1-9-4-6-11(7-5-9)8-12(13-3)10(2)14;1-8(14)11(13-2)7-9-3-5-10(6-4-9)12(15)16;2*1-8(14)11(13-2)7-9-3-5-10(12)6-4-9;1-8(13)11(12-2)7-9-3-5-10(6-4-9)17-18(14,15)16;2*1-5-6-7-8-10(3,11-4)9(2)12/h5-6,15H,1-2,7-12H2,3-4H3;2*5,14H,1,6-11H2,2-4H3;4-7,12-13H,8H2,1-3H3;3-6,11,13,15-16H,7H2,1-2H3;3-6,11,13H,7H2,1-2H3;3-6,11,13H,7,12H2,1-2H3;3-6,11-12H,7H2,1-2H3,(H2,14,15,16);2*5,11H,1,6-8H2,2-4H3/t;2*13-;12-;4*11-;2*10-/m.100000010/s1. The molecule has 822 valence electrons. The number of nitrogens with one attached hydrogen (secondary N) is 10. The molecule has 0 aliphatic rings. The number of phosphoric ester groups is 1. The molecule has 9 atom stereocenters. The second-order valence-corrected chi connectivity index (χ2v) is 39.2. The lowest BCUT2D eigenvalue weighted by atomic mass is 9.80. The van der Waals surface area contributed by atoms with E-state index in [0.29, 0.717) is 31.1 Å². The van der Waals surface area contributed by atoms with Gasteiger partial charge in [-0.25, -0.2) is 4.57 Å². The molecule has 0 radical (unpaired) electrons. The summed E-state index contributed by atoms with van der Waals surface area (Å²) in [4.78, 5) is 130. The summed E-state index contributed by atoms with van der Waals surface area (Å²) < 4.78 is 15.0. The normalized spacial score (nSPS) is 13.3. The number of phosphoric acid groups is 1. The lowest BCUT2D eigenvalue weighted by molar-refractivity contribution is -0.124. The van der Waals surface area contributed by atoms with Gasteiger partial charge in [0.1, 0.15) is 63.6 Å². The van der Waals surface area contributed by atoms with E-state index in [1.54, 1.807) is 127 Å². The third-order valence-electron chi connectivity index (χ3n) is 26.2. The molecule has 0 aliphatic carbocycles. The first-order valence-electron chi connectivity index (χ1n) is 51.1. The molecule has 0 spiro atoms. The number of aryl methyl sites for hydroxylation is 1. The lowest BCUT2D eigenvalue weighted by Gasteiger charge is -2.31. The van der Waals surface area contributed by atoms with Gasteiger partial charge in [-0.15, -0.1) is 39.5 Å². The number of rotatable bonds is 63. The number of nitrogens with two attached hydrogens (primary N) is 1. The van der Waals surface area contributed by atoms with E-state index in [1.165, 1.54) is 68.7 Å². The number of nitrogen functional groups attached to an aromatic ring is 1. The molecule has 0 aromatic heterocycles. The van der Waals surface area contributed by atoms with E-state index in [1.807, 2.05) is 155 Å². The molecule has 0 amide bonds. The van der Waals surface area contributed by atoms with Crippen molar-refractivity contribution in [2.45, 2.75) is 348 Å². The van der Waals surface area contributed by atoms with Crippen LogP contribution in [0.4, 0.5) is 5.69 Å². The van der Waals surface area contributed by atoms with Crippen molar-refractivity contribution in [1.29, 1.82) is 0 Å². The van der Waals surface area contributed by atoms with Gasteiger partial charge in [0.25, 0.3) is 0 Å². The summed E-state index contributed by atoms with van der Waals surface area (Å²) in [5.74, 6) is 1.83. The summed E-state index contributed by atoms with van der Waals surface area (Å²) in [6, 6.07) is 35.9. The number of hydrogen-bond donors (Lipinski definition) is 15. The molecule has 27 nitrogen and oxygen atoms in total. The Morgan fingerprint density at radius 3 is 0.788 bits per heavy atom. The second-order valence-electron chi connectivity index (χ2n) is 37.6. The number of benzene rings is 5. The second kappa shape index (κ2) is 84.6. The van der Waals surface area contributed by atoms with Gasteiger partial charge >= 0.3 is 14.9 Å². The number of unbranched alkanes of at least 4 members (excludes halogenated alkanes) is 12. The zero-order valence-electron chi connectivity index (χ0n) is 93.8. The highest BCUT2D eigenvalue weighted by Gasteiger charge is 2.33. The first kappa shape index (κ1) is 145. The third kappa shape index (κ3) is 69.2. The molecular weight excluding hydrogens is 1880 g/mol. The number of likely N-dealkylation sites (N-methyl/N-ethyl adjacent to an activating group) is 10. The van der Waals surface area contributed by atoms with Crippen molar-refractivity contribution in [3.63, 3.8) is 0 Å². The Labute approximate surface area is 885 Å². The summed E-state index contributed by atoms with van der Waals surface area (Å²) in [5.41, 5.74) is 11.6. The number of carbonyl (C=O) groups excluding carboxylic acids is 10. The average Bonchev–Trinajstić information content (AvgIpc) is 0.836. The molecule has 0 bridgehead atoms. The fourth-order valence-electron chi connectivity index (χ4n) is 14.4. The fourth-order valence-corrected chi connectivity index (χ4v) is 14.9. The molecular formula is C116H192BClN11O16P. The fraction of sp³-hybridized carbons (Fsp3) is 0.552. The Bertz CT molecular complexity index is 4310. The molecule has 5 aromatic rings. The number of allylic oxidation sites excluding steroid dienone is 6. The van der Waals surface area contributed by atoms with Crippen molar-refractivity contribution >= 4 is 95.5 Å². The van der Waals surface area contributed by atoms with E-state index in [-0.39, 0.29) is 121 Å².